The number of rotatable bonds is 13. The summed E-state index contributed by atoms with van der Waals surface area (Å²) in [5.41, 5.74) is 1.22. The van der Waals surface area contributed by atoms with E-state index in [-0.39, 0.29) is 38.1 Å². The normalized spacial score (nSPS) is 13.7. The highest BCUT2D eigenvalue weighted by Gasteiger charge is 2.40. The highest BCUT2D eigenvalue weighted by atomic mass is 31.2. The highest BCUT2D eigenvalue weighted by molar-refractivity contribution is 7.54. The average Bonchev–Trinajstić information content (AvgIpc) is 2.78. The summed E-state index contributed by atoms with van der Waals surface area (Å²) in [6, 6.07) is 18.6. The molecule has 0 unspecified atom stereocenters. The van der Waals surface area contributed by atoms with E-state index in [1.54, 1.807) is 18.7 Å². The maximum atomic E-state index is 13.7. The Hall–Kier alpha value is -1.98. The maximum Gasteiger partial charge on any atom is 0.334 e. The second kappa shape index (κ2) is 12.9. The van der Waals surface area contributed by atoms with Crippen LogP contribution in [0.2, 0.25) is 0 Å². The van der Waals surface area contributed by atoms with Gasteiger partial charge in [-0.3, -0.25) is 9.36 Å². The average molecular weight is 462 g/mol. The van der Waals surface area contributed by atoms with E-state index in [0.717, 1.165) is 11.1 Å². The van der Waals surface area contributed by atoms with Crippen molar-refractivity contribution in [2.45, 2.75) is 52.4 Å². The Labute approximate surface area is 192 Å². The Bertz CT molecular complexity index is 849. The van der Waals surface area contributed by atoms with Crippen LogP contribution in [-0.4, -0.2) is 41.4 Å². The first-order valence-corrected chi connectivity index (χ1v) is 12.8. The number of aliphatic hydroxyl groups excluding tert-OH is 1. The Morgan fingerprint density at radius 3 is 1.97 bits per heavy atom. The lowest BCUT2D eigenvalue weighted by Gasteiger charge is -2.34. The molecule has 0 aliphatic heterocycles. The Morgan fingerprint density at radius 1 is 0.969 bits per heavy atom. The molecule has 2 aromatic rings. The topological polar surface area (TPSA) is 76.1 Å². The lowest BCUT2D eigenvalue weighted by atomic mass is 10.0. The number of carbonyl (C=O) groups excluding carboxylic acids is 1. The van der Waals surface area contributed by atoms with Gasteiger partial charge in [0.05, 0.1) is 31.5 Å². The Balaban J connectivity index is 2.40. The van der Waals surface area contributed by atoms with Crippen LogP contribution in [-0.2, 0) is 25.0 Å². The third-order valence-electron chi connectivity index (χ3n) is 5.43. The second-order valence-corrected chi connectivity index (χ2v) is 10.3. The minimum atomic E-state index is -3.48. The molecule has 6 nitrogen and oxygen atoms in total. The summed E-state index contributed by atoms with van der Waals surface area (Å²) < 4.78 is 24.7. The predicted octanol–water partition coefficient (Wildman–Crippen LogP) is 5.43. The molecule has 0 aliphatic carbocycles. The van der Waals surface area contributed by atoms with Gasteiger partial charge >= 0.3 is 7.60 Å². The first-order chi connectivity index (χ1) is 15.4. The van der Waals surface area contributed by atoms with Gasteiger partial charge in [-0.15, -0.1) is 0 Å². The zero-order valence-corrected chi connectivity index (χ0v) is 20.4. The van der Waals surface area contributed by atoms with E-state index in [1.165, 1.54) is 0 Å². The summed E-state index contributed by atoms with van der Waals surface area (Å²) in [7, 11) is -3.48. The molecule has 0 saturated heterocycles. The molecule has 2 rings (SSSR count). The predicted molar refractivity (Wildman–Crippen MR) is 127 cm³/mol. The number of hydrogen-bond acceptors (Lipinski definition) is 5. The van der Waals surface area contributed by atoms with E-state index in [2.05, 4.69) is 0 Å². The molecule has 0 spiro atoms. The van der Waals surface area contributed by atoms with Gasteiger partial charge < -0.3 is 19.1 Å². The molecule has 7 heteroatoms. The van der Waals surface area contributed by atoms with Crippen molar-refractivity contribution in [3.05, 3.63) is 71.8 Å². The molecule has 1 N–H and O–H groups in total. The number of hydrogen-bond donors (Lipinski definition) is 1. The molecule has 0 bridgehead atoms. The van der Waals surface area contributed by atoms with E-state index >= 15 is 0 Å². The molecule has 0 heterocycles. The minimum absolute atomic E-state index is 0.00507. The van der Waals surface area contributed by atoms with Crippen molar-refractivity contribution >= 4 is 13.5 Å². The molecule has 176 valence electrons. The monoisotopic (exact) mass is 461 g/mol. The van der Waals surface area contributed by atoms with Crippen LogP contribution in [0.3, 0.4) is 0 Å². The molecular formula is C25H36NO5P. The molecule has 2 aromatic carbocycles. The van der Waals surface area contributed by atoms with Crippen LogP contribution in [0, 0.1) is 5.92 Å². The van der Waals surface area contributed by atoms with Gasteiger partial charge in [0, 0.05) is 13.0 Å². The summed E-state index contributed by atoms with van der Waals surface area (Å²) in [5.74, 6) is -0.291. The molecule has 0 aromatic heterocycles. The summed E-state index contributed by atoms with van der Waals surface area (Å²) >= 11 is 0. The van der Waals surface area contributed by atoms with Crippen LogP contribution >= 0.6 is 7.60 Å². The molecular weight excluding hydrogens is 425 g/mol. The zero-order chi connectivity index (χ0) is 23.6. The van der Waals surface area contributed by atoms with Crippen LogP contribution in [0.5, 0.6) is 0 Å². The van der Waals surface area contributed by atoms with Crippen molar-refractivity contribution in [3.8, 4) is 0 Å². The number of aliphatic hydroxyl groups is 1. The Kier molecular flexibility index (Phi) is 10.6. The van der Waals surface area contributed by atoms with Gasteiger partial charge in [-0.1, -0.05) is 74.5 Å². The van der Waals surface area contributed by atoms with E-state index < -0.39 is 19.3 Å². The zero-order valence-electron chi connectivity index (χ0n) is 19.5. The third kappa shape index (κ3) is 7.01. The van der Waals surface area contributed by atoms with Gasteiger partial charge in [0.2, 0.25) is 5.91 Å². The second-order valence-electron chi connectivity index (χ2n) is 8.01. The van der Waals surface area contributed by atoms with Crippen LogP contribution in [0.15, 0.2) is 60.7 Å². The van der Waals surface area contributed by atoms with Gasteiger partial charge in [-0.25, -0.2) is 0 Å². The van der Waals surface area contributed by atoms with Crippen LogP contribution in [0.4, 0.5) is 0 Å². The van der Waals surface area contributed by atoms with E-state index in [9.17, 15) is 14.5 Å². The molecule has 0 saturated carbocycles. The maximum absolute atomic E-state index is 13.7. The van der Waals surface area contributed by atoms with E-state index in [0.29, 0.717) is 6.54 Å². The first kappa shape index (κ1) is 26.3. The van der Waals surface area contributed by atoms with Crippen molar-refractivity contribution in [1.82, 2.24) is 4.90 Å². The third-order valence-corrected chi connectivity index (χ3v) is 8.25. The van der Waals surface area contributed by atoms with Crippen molar-refractivity contribution in [1.29, 1.82) is 0 Å². The quantitative estimate of drug-likeness (QED) is 0.403. The number of nitrogens with zero attached hydrogens (tertiary/aromatic N) is 1. The van der Waals surface area contributed by atoms with E-state index in [1.807, 2.05) is 74.5 Å². The van der Waals surface area contributed by atoms with Crippen LogP contribution < -0.4 is 0 Å². The smallest absolute Gasteiger partial charge is 0.334 e. The van der Waals surface area contributed by atoms with Crippen LogP contribution in [0.1, 0.15) is 51.3 Å². The van der Waals surface area contributed by atoms with Gasteiger partial charge in [-0.2, -0.15) is 0 Å². The fourth-order valence-corrected chi connectivity index (χ4v) is 6.10. The van der Waals surface area contributed by atoms with Gasteiger partial charge in [-0.05, 0) is 30.9 Å². The number of carbonyl (C=O) groups is 1. The van der Waals surface area contributed by atoms with Crippen LogP contribution in [0.25, 0.3) is 0 Å². The van der Waals surface area contributed by atoms with E-state index in [4.69, 9.17) is 9.05 Å². The molecule has 32 heavy (non-hydrogen) atoms. The fourth-order valence-electron chi connectivity index (χ4n) is 3.81. The van der Waals surface area contributed by atoms with Gasteiger partial charge in [0.15, 0.2) is 0 Å². The lowest BCUT2D eigenvalue weighted by molar-refractivity contribution is -0.135. The standard InChI is InChI=1S/C25H36NO5P/c1-5-30-32(29,31-6-2)24(20(3)4)17-25(28)26(18-21-13-9-7-10-14-21)23(19-27)22-15-11-8-12-16-22/h7-16,20,23-24,27H,5-6,17-19H2,1-4H3/t23-,24-/m0/s1. The van der Waals surface area contributed by atoms with Crippen molar-refractivity contribution in [2.75, 3.05) is 19.8 Å². The molecule has 0 aliphatic rings. The summed E-state index contributed by atoms with van der Waals surface area (Å²) in [4.78, 5) is 15.3. The molecule has 1 amide bonds. The number of benzene rings is 2. The Morgan fingerprint density at radius 2 is 1.50 bits per heavy atom. The molecule has 0 radical (unpaired) electrons. The first-order valence-electron chi connectivity index (χ1n) is 11.2. The fraction of sp³-hybridized carbons (Fsp3) is 0.480. The minimum Gasteiger partial charge on any atom is -0.394 e. The largest absolute Gasteiger partial charge is 0.394 e. The highest BCUT2D eigenvalue weighted by Crippen LogP contribution is 2.57. The molecule has 0 fully saturated rings. The van der Waals surface area contributed by atoms with Crippen molar-refractivity contribution < 1.29 is 23.5 Å². The van der Waals surface area contributed by atoms with Crippen molar-refractivity contribution in [2.24, 2.45) is 5.92 Å². The van der Waals surface area contributed by atoms with Crippen molar-refractivity contribution in [3.63, 3.8) is 0 Å². The SMILES string of the molecule is CCOP(=O)(OCC)[C@@H](CC(=O)N(Cc1ccccc1)[C@@H](CO)c1ccccc1)C(C)C. The van der Waals surface area contributed by atoms with Gasteiger partial charge in [0.1, 0.15) is 0 Å². The summed E-state index contributed by atoms with van der Waals surface area (Å²) in [6.07, 6.45) is 0.00507. The summed E-state index contributed by atoms with van der Waals surface area (Å²) in [6.45, 7) is 7.97. The molecule has 2 atom stereocenters. The van der Waals surface area contributed by atoms with Gasteiger partial charge in [0.25, 0.3) is 0 Å². The lowest BCUT2D eigenvalue weighted by Crippen LogP contribution is -2.39. The summed E-state index contributed by atoms with van der Waals surface area (Å²) in [5, 5.41) is 10.3. The number of amides is 1.